The van der Waals surface area contributed by atoms with Gasteiger partial charge in [0.25, 0.3) is 5.91 Å². The first kappa shape index (κ1) is 45.1. The predicted octanol–water partition coefficient (Wildman–Crippen LogP) is -1.15. The molecule has 0 saturated carbocycles. The molecule has 0 radical (unpaired) electrons. The Morgan fingerprint density at radius 1 is 0.981 bits per heavy atom. The number of anilines is 2. The number of fused-ring (bicyclic) bond motifs is 1. The molecule has 2 heterocycles. The maximum atomic E-state index is 12.7. The summed E-state index contributed by atoms with van der Waals surface area (Å²) < 4.78 is 67.1. The number of hydrogen-bond acceptors (Lipinski definition) is 13. The average molecular weight is 791 g/mol. The predicted molar refractivity (Wildman–Crippen MR) is 194 cm³/mol. The first-order valence-electron chi connectivity index (χ1n) is 16.2. The first-order chi connectivity index (χ1) is 24.4. The summed E-state index contributed by atoms with van der Waals surface area (Å²) >= 11 is 0. The number of rotatable bonds is 13. The van der Waals surface area contributed by atoms with Crippen LogP contribution in [-0.4, -0.2) is 77.0 Å². The summed E-state index contributed by atoms with van der Waals surface area (Å²) in [5, 5.41) is 21.2. The fourth-order valence-corrected chi connectivity index (χ4v) is 6.49. The summed E-state index contributed by atoms with van der Waals surface area (Å²) in [7, 11) is -9.00. The van der Waals surface area contributed by atoms with Crippen LogP contribution in [0.1, 0.15) is 61.8 Å². The summed E-state index contributed by atoms with van der Waals surface area (Å²) in [4.78, 5) is 25.4. The summed E-state index contributed by atoms with van der Waals surface area (Å²) in [6.07, 6.45) is 0.978. The van der Waals surface area contributed by atoms with Crippen molar-refractivity contribution < 1.29 is 89.9 Å². The maximum absolute atomic E-state index is 12.7. The summed E-state index contributed by atoms with van der Waals surface area (Å²) in [6, 6.07) is 19.4. The zero-order chi connectivity index (χ0) is 37.8. The van der Waals surface area contributed by atoms with Crippen molar-refractivity contribution in [2.45, 2.75) is 51.9 Å². The van der Waals surface area contributed by atoms with Gasteiger partial charge in [-0.15, -0.1) is 9.89 Å². The van der Waals surface area contributed by atoms with Crippen LogP contribution in [0.15, 0.2) is 81.7 Å². The molecular formula is C35H36N8Na2O7S2. The summed E-state index contributed by atoms with van der Waals surface area (Å²) in [5.74, 6) is -0.206. The first-order valence-corrected chi connectivity index (χ1v) is 19.2. The smallest absolute Gasteiger partial charge is 0.748 e. The topological polar surface area (TPSA) is 226 Å². The van der Waals surface area contributed by atoms with Gasteiger partial charge in [0.2, 0.25) is 5.82 Å². The van der Waals surface area contributed by atoms with Gasteiger partial charge in [-0.3, -0.25) is 4.79 Å². The standard InChI is InChI=1S/C35H38N8O7S2.2Na/c1-23-21-27(42(19-8-17-36)18-5-6-20-51(45,46)47)15-16-29(23)38-30-31(35(2,3)4)40-43-33(30)39-32(41-43)24-11-13-26(14-12-24)37-34(44)25-9-7-10-28(22-25)52(48,49)50;;/h7,9-16,21-22H,5-6,8,18-20H2,1-4H3,(H,37,44)(H,45,46,47)(H,48,49,50);;/q;2*+1/p-2. The number of carbonyl (C=O) groups excluding carboxylic acids is 1. The molecule has 0 atom stereocenters. The minimum absolute atomic E-state index is 0. The number of hydrogen-bond donors (Lipinski definition) is 1. The van der Waals surface area contributed by atoms with E-state index in [1.807, 2.05) is 50.8 Å². The molecule has 0 aliphatic carbocycles. The second-order valence-corrected chi connectivity index (χ2v) is 16.1. The third kappa shape index (κ3) is 11.6. The maximum Gasteiger partial charge on any atom is 1.00 e. The fraction of sp³-hybridized carbons (Fsp3) is 0.314. The number of aryl methyl sites for hydroxylation is 1. The van der Waals surface area contributed by atoms with E-state index < -0.39 is 42.2 Å². The van der Waals surface area contributed by atoms with E-state index >= 15 is 0 Å². The molecule has 0 fully saturated rings. The van der Waals surface area contributed by atoms with E-state index in [1.54, 1.807) is 24.3 Å². The Balaban J connectivity index is 0.00000392. The Labute approximate surface area is 359 Å². The Hall–Kier alpha value is -3.28. The van der Waals surface area contributed by atoms with Crippen LogP contribution in [0.5, 0.6) is 0 Å². The zero-order valence-electron chi connectivity index (χ0n) is 30.9. The molecule has 1 aromatic heterocycles. The van der Waals surface area contributed by atoms with Gasteiger partial charge in [-0.1, -0.05) is 26.8 Å². The number of nitrogens with one attached hydrogen (secondary N) is 1. The minimum atomic E-state index is -4.71. The summed E-state index contributed by atoms with van der Waals surface area (Å²) in [5.41, 5.74) is 4.26. The van der Waals surface area contributed by atoms with Gasteiger partial charge in [-0.2, -0.15) is 10.4 Å². The van der Waals surface area contributed by atoms with Crippen LogP contribution in [0.25, 0.3) is 11.4 Å². The van der Waals surface area contributed by atoms with E-state index in [2.05, 4.69) is 16.5 Å². The van der Waals surface area contributed by atoms with Crippen LogP contribution in [0.3, 0.4) is 0 Å². The Morgan fingerprint density at radius 2 is 1.69 bits per heavy atom. The molecule has 54 heavy (non-hydrogen) atoms. The van der Waals surface area contributed by atoms with Crippen molar-refractivity contribution in [2.75, 3.05) is 29.1 Å². The van der Waals surface area contributed by atoms with Crippen LogP contribution in [0.4, 0.5) is 17.1 Å². The van der Waals surface area contributed by atoms with E-state index in [4.69, 9.17) is 15.1 Å². The van der Waals surface area contributed by atoms with Gasteiger partial charge in [0, 0.05) is 46.8 Å². The molecule has 4 aromatic rings. The normalized spacial score (nSPS) is 13.3. The molecule has 1 aliphatic heterocycles. The van der Waals surface area contributed by atoms with Gasteiger partial charge in [0.05, 0.1) is 38.9 Å². The van der Waals surface area contributed by atoms with Crippen LogP contribution >= 0.6 is 0 Å². The Kier molecular flexibility index (Phi) is 15.5. The number of unbranched alkanes of at least 4 members (excludes halogenated alkanes) is 1. The minimum Gasteiger partial charge on any atom is -0.748 e. The Bertz CT molecular complexity index is 2330. The van der Waals surface area contributed by atoms with Crippen LogP contribution in [-0.2, 0) is 20.2 Å². The van der Waals surface area contributed by atoms with Crippen molar-refractivity contribution in [3.63, 3.8) is 0 Å². The van der Waals surface area contributed by atoms with E-state index in [9.17, 15) is 36.0 Å². The fourth-order valence-electron chi connectivity index (χ4n) is 5.42. The number of carbonyl (C=O) groups is 1. The molecule has 0 spiro atoms. The number of nitriles is 1. The Morgan fingerprint density at radius 3 is 2.30 bits per heavy atom. The van der Waals surface area contributed by atoms with E-state index in [-0.39, 0.29) is 77.5 Å². The van der Waals surface area contributed by atoms with Crippen LogP contribution in [0.2, 0.25) is 0 Å². The van der Waals surface area contributed by atoms with Crippen LogP contribution in [0, 0.1) is 23.7 Å². The van der Waals surface area contributed by atoms with Gasteiger partial charge in [-0.05, 0) is 86.0 Å². The number of benzene rings is 3. The third-order valence-electron chi connectivity index (χ3n) is 8.06. The molecule has 5 rings (SSSR count). The molecule has 15 nitrogen and oxygen atoms in total. The van der Waals surface area contributed by atoms with Gasteiger partial charge in [0.15, 0.2) is 5.82 Å². The van der Waals surface area contributed by atoms with Gasteiger partial charge in [0.1, 0.15) is 15.8 Å². The molecule has 0 unspecified atom stereocenters. The zero-order valence-corrected chi connectivity index (χ0v) is 36.5. The van der Waals surface area contributed by atoms with Crippen molar-refractivity contribution in [3.8, 4) is 17.5 Å². The molecular weight excluding hydrogens is 755 g/mol. The van der Waals surface area contributed by atoms with Crippen LogP contribution < -0.4 is 69.3 Å². The van der Waals surface area contributed by atoms with Gasteiger partial charge < -0.3 is 19.3 Å². The van der Waals surface area contributed by atoms with Gasteiger partial charge >= 0.3 is 59.1 Å². The number of nitrogens with zero attached hydrogens (tertiary/aromatic N) is 7. The van der Waals surface area contributed by atoms with Crippen molar-refractivity contribution in [3.05, 3.63) is 83.7 Å². The number of aliphatic imine (C=N–C) groups is 1. The third-order valence-corrected chi connectivity index (χ3v) is 9.68. The molecule has 1 amide bonds. The molecule has 0 bridgehead atoms. The molecule has 272 valence electrons. The van der Waals surface area contributed by atoms with E-state index in [0.29, 0.717) is 59.5 Å². The number of amides is 1. The summed E-state index contributed by atoms with van der Waals surface area (Å²) in [6.45, 7) is 8.87. The molecule has 19 heteroatoms. The largest absolute Gasteiger partial charge is 1.00 e. The molecule has 1 aliphatic rings. The molecule has 3 aromatic carbocycles. The second kappa shape index (κ2) is 18.6. The van der Waals surface area contributed by atoms with E-state index in [0.717, 1.165) is 23.4 Å². The SMILES string of the molecule is Cc1cc(N(CCC#N)CCCCS(=O)(=O)[O-])ccc1N=C1C(C(C)(C)C)=Nn2nc(-c3ccc(NC(=O)c4cccc(S(=O)(=O)[O-])c4)cc3)nc21.[Na+].[Na+]. The van der Waals surface area contributed by atoms with Crippen molar-refractivity contribution in [1.82, 2.24) is 14.9 Å². The van der Waals surface area contributed by atoms with E-state index in [1.165, 1.54) is 16.9 Å². The number of aromatic nitrogens is 3. The molecule has 1 N–H and O–H groups in total. The van der Waals surface area contributed by atoms with Gasteiger partial charge in [-0.25, -0.2) is 26.8 Å². The monoisotopic (exact) mass is 790 g/mol. The van der Waals surface area contributed by atoms with Crippen molar-refractivity contribution in [1.29, 1.82) is 5.26 Å². The quantitative estimate of drug-likeness (QED) is 0.0967. The van der Waals surface area contributed by atoms with Crippen molar-refractivity contribution in [2.24, 2.45) is 15.5 Å². The molecule has 0 saturated heterocycles. The average Bonchev–Trinajstić information content (AvgIpc) is 3.64. The van der Waals surface area contributed by atoms with Crippen molar-refractivity contribution >= 4 is 54.6 Å². The second-order valence-electron chi connectivity index (χ2n) is 13.2.